The number of carbonyl (C=O) groups is 8. The first kappa shape index (κ1) is 52.6. The lowest BCUT2D eigenvalue weighted by molar-refractivity contribution is -0.150. The number of fused-ring (bicyclic) bond motifs is 2. The molecule has 8 amide bonds. The van der Waals surface area contributed by atoms with Gasteiger partial charge in [-0.2, -0.15) is 8.78 Å². The highest BCUT2D eigenvalue weighted by Crippen LogP contribution is 2.59. The van der Waals surface area contributed by atoms with Gasteiger partial charge in [-0.1, -0.05) is 75.1 Å². The van der Waals surface area contributed by atoms with Crippen molar-refractivity contribution in [1.29, 1.82) is 0 Å². The van der Waals surface area contributed by atoms with E-state index in [0.717, 1.165) is 33.9 Å². The Kier molecular flexibility index (Phi) is 15.1. The monoisotopic (exact) mass is 1040 g/mol. The Balaban J connectivity index is 0.934. The largest absolute Gasteiger partial charge is 0.399 e. The van der Waals surface area contributed by atoms with E-state index in [9.17, 15) is 61.5 Å². The standard InChI is InChI=1S/C50H51F2N6O13PS/c1-49(2,3)42(55-44(62)38-23-30-22-31(15-17-37(30)73-38)50(51,52)72(67,68)69)48(66)57-25-32(24-35(57)46(64)56-20-21-70-36(26-56)28-10-5-4-6-11-28)71-27-40(60)53-19-8-7-12-29-13-9-14-33-41(29)47(65)58(45(33)63)34-16-18-39(59)54-43(34)61/h4-6,9-11,13-15,17,22-23,32,34-36,42H,8,16,18-21,24-27H2,1-3H3,(H,53,60)(H,55,62)(H,54,59,61)(H2,67,68,69)/t32-,34?,35-,36?,42+/m0/s1. The molecule has 0 radical (unpaired) electrons. The molecule has 4 aliphatic heterocycles. The number of ether oxygens (including phenoxy) is 2. The molecular weight excluding hydrogens is 994 g/mol. The van der Waals surface area contributed by atoms with Crippen molar-refractivity contribution in [2.45, 2.75) is 82.5 Å². The lowest BCUT2D eigenvalue weighted by Crippen LogP contribution is -2.58. The number of hydrogen-bond acceptors (Lipinski definition) is 12. The van der Waals surface area contributed by atoms with Gasteiger partial charge in [0.05, 0.1) is 35.3 Å². The molecule has 19 nitrogen and oxygen atoms in total. The van der Waals surface area contributed by atoms with E-state index >= 15 is 0 Å². The van der Waals surface area contributed by atoms with Gasteiger partial charge < -0.3 is 39.7 Å². The van der Waals surface area contributed by atoms with E-state index in [2.05, 4.69) is 27.8 Å². The number of piperidine rings is 1. The molecule has 5 N–H and O–H groups in total. The Morgan fingerprint density at radius 3 is 2.45 bits per heavy atom. The summed E-state index contributed by atoms with van der Waals surface area (Å²) in [4.78, 5) is 130. The van der Waals surface area contributed by atoms with Gasteiger partial charge >= 0.3 is 13.3 Å². The van der Waals surface area contributed by atoms with Crippen molar-refractivity contribution in [1.82, 2.24) is 30.7 Å². The third-order valence-electron chi connectivity index (χ3n) is 12.9. The number of alkyl halides is 2. The summed E-state index contributed by atoms with van der Waals surface area (Å²) in [7, 11) is -5.87. The van der Waals surface area contributed by atoms with Crippen LogP contribution < -0.4 is 16.0 Å². The van der Waals surface area contributed by atoms with Gasteiger partial charge in [0.25, 0.3) is 17.7 Å². The van der Waals surface area contributed by atoms with Crippen molar-refractivity contribution in [3.05, 3.63) is 105 Å². The molecule has 0 aliphatic carbocycles. The molecule has 5 heterocycles. The predicted molar refractivity (Wildman–Crippen MR) is 258 cm³/mol. The summed E-state index contributed by atoms with van der Waals surface area (Å²) >= 11 is 0.919. The predicted octanol–water partition coefficient (Wildman–Crippen LogP) is 3.82. The lowest BCUT2D eigenvalue weighted by atomic mass is 9.85. The Morgan fingerprint density at radius 1 is 0.986 bits per heavy atom. The van der Waals surface area contributed by atoms with Crippen molar-refractivity contribution in [3.8, 4) is 11.8 Å². The van der Waals surface area contributed by atoms with Crippen molar-refractivity contribution in [3.63, 3.8) is 0 Å². The molecular formula is C50H51F2N6O13PS. The first-order chi connectivity index (χ1) is 34.5. The normalized spacial score (nSPS) is 20.8. The second-order valence-electron chi connectivity index (χ2n) is 19.0. The number of nitrogens with one attached hydrogen (secondary N) is 3. The van der Waals surface area contributed by atoms with E-state index in [1.807, 2.05) is 30.3 Å². The zero-order valence-electron chi connectivity index (χ0n) is 39.7. The van der Waals surface area contributed by atoms with Gasteiger partial charge in [-0.3, -0.25) is 53.1 Å². The van der Waals surface area contributed by atoms with Crippen LogP contribution in [-0.4, -0.2) is 135 Å². The van der Waals surface area contributed by atoms with Crippen LogP contribution in [0.25, 0.3) is 10.1 Å². The van der Waals surface area contributed by atoms with Crippen LogP contribution in [0.15, 0.2) is 72.8 Å². The Labute approximate surface area is 421 Å². The number of nitrogens with zero attached hydrogens (tertiary/aromatic N) is 3. The zero-order valence-corrected chi connectivity index (χ0v) is 41.4. The molecule has 1 aromatic heterocycles. The van der Waals surface area contributed by atoms with Crippen molar-refractivity contribution >= 4 is 76.3 Å². The smallest absolute Gasteiger partial charge is 0.370 e. The first-order valence-corrected chi connectivity index (χ1v) is 25.7. The van der Waals surface area contributed by atoms with E-state index in [1.54, 1.807) is 37.8 Å². The summed E-state index contributed by atoms with van der Waals surface area (Å²) in [5, 5.41) is 7.76. The molecule has 3 aromatic carbocycles. The molecule has 3 saturated heterocycles. The quantitative estimate of drug-likeness (QED) is 0.0553. The molecule has 3 fully saturated rings. The van der Waals surface area contributed by atoms with Gasteiger partial charge in [0.2, 0.25) is 29.5 Å². The Hall–Kier alpha value is -6.73. The lowest BCUT2D eigenvalue weighted by Gasteiger charge is -2.38. The van der Waals surface area contributed by atoms with Gasteiger partial charge in [-0.05, 0) is 53.1 Å². The number of carbonyl (C=O) groups excluding carboxylic acids is 8. The summed E-state index contributed by atoms with van der Waals surface area (Å²) in [6, 6.07) is 14.7. The van der Waals surface area contributed by atoms with E-state index in [4.69, 9.17) is 9.47 Å². The minimum Gasteiger partial charge on any atom is -0.370 e. The number of halogens is 2. The molecule has 384 valence electrons. The fraction of sp³-hybridized carbons (Fsp3) is 0.400. The SMILES string of the molecule is CC(C)(C)[C@H](NC(=O)c1cc2cc(C(F)(F)P(=O)(O)O)ccc2s1)C(=O)N1C[C@@H](OCC(=O)NCCC#Cc2cccc3c2C(=O)N(C2CCC(=O)NC2=O)C3=O)C[C@H]1C(=O)N1CCOC(c2ccccc2)C1. The van der Waals surface area contributed by atoms with Gasteiger partial charge in [0.15, 0.2) is 0 Å². The van der Waals surface area contributed by atoms with Crippen LogP contribution in [0.4, 0.5) is 8.78 Å². The van der Waals surface area contributed by atoms with Crippen LogP contribution in [0.5, 0.6) is 0 Å². The highest BCUT2D eigenvalue weighted by molar-refractivity contribution is 7.52. The van der Waals surface area contributed by atoms with Crippen molar-refractivity contribution in [2.24, 2.45) is 5.41 Å². The molecule has 4 aliphatic rings. The molecule has 4 aromatic rings. The topological polar surface area (TPSA) is 258 Å². The fourth-order valence-corrected chi connectivity index (χ4v) is 10.6. The average molecular weight is 1050 g/mol. The third-order valence-corrected chi connectivity index (χ3v) is 15.0. The third kappa shape index (κ3) is 11.1. The summed E-state index contributed by atoms with van der Waals surface area (Å²) in [6.07, 6.45) is -1.15. The molecule has 2 unspecified atom stereocenters. The van der Waals surface area contributed by atoms with Crippen LogP contribution in [0.1, 0.15) is 99.6 Å². The number of morpholine rings is 1. The first-order valence-electron chi connectivity index (χ1n) is 23.3. The number of likely N-dealkylation sites (tertiary alicyclic amines) is 1. The number of rotatable bonds is 13. The highest BCUT2D eigenvalue weighted by Gasteiger charge is 2.51. The summed E-state index contributed by atoms with van der Waals surface area (Å²) in [6.45, 7) is 5.24. The molecule has 0 bridgehead atoms. The molecule has 5 atom stereocenters. The fourth-order valence-electron chi connectivity index (χ4n) is 9.14. The van der Waals surface area contributed by atoms with Crippen LogP contribution in [0.2, 0.25) is 0 Å². The number of amides is 8. The van der Waals surface area contributed by atoms with Crippen molar-refractivity contribution < 1.29 is 71.0 Å². The van der Waals surface area contributed by atoms with Crippen LogP contribution in [0.3, 0.4) is 0 Å². The maximum absolute atomic E-state index is 14.8. The van der Waals surface area contributed by atoms with Crippen LogP contribution >= 0.6 is 18.9 Å². The van der Waals surface area contributed by atoms with Gasteiger partial charge in [-0.15, -0.1) is 11.3 Å². The summed E-state index contributed by atoms with van der Waals surface area (Å²) in [5.41, 5.74) is -5.15. The van der Waals surface area contributed by atoms with E-state index in [0.29, 0.717) is 4.70 Å². The number of thiophene rings is 1. The van der Waals surface area contributed by atoms with Crippen LogP contribution in [-0.2, 0) is 43.7 Å². The maximum atomic E-state index is 14.8. The Bertz CT molecular complexity index is 3020. The van der Waals surface area contributed by atoms with E-state index in [1.165, 1.54) is 23.1 Å². The number of imide groups is 2. The zero-order chi connectivity index (χ0) is 52.6. The minimum absolute atomic E-state index is 0.00172. The molecule has 0 saturated carbocycles. The minimum atomic E-state index is -5.87. The second-order valence-corrected chi connectivity index (χ2v) is 21.8. The maximum Gasteiger partial charge on any atom is 0.399 e. The molecule has 0 spiro atoms. The number of hydrogen-bond donors (Lipinski definition) is 5. The molecule has 8 rings (SSSR count). The van der Waals surface area contributed by atoms with Gasteiger partial charge in [0.1, 0.15) is 30.8 Å². The molecule has 23 heteroatoms. The average Bonchev–Trinajstić information content (AvgIpc) is 4.06. The van der Waals surface area contributed by atoms with E-state index in [-0.39, 0.29) is 85.4 Å². The Morgan fingerprint density at radius 2 is 1.74 bits per heavy atom. The summed E-state index contributed by atoms with van der Waals surface area (Å²) < 4.78 is 53.1. The van der Waals surface area contributed by atoms with Crippen LogP contribution in [0, 0.1) is 17.3 Å². The molecule has 73 heavy (non-hydrogen) atoms. The van der Waals surface area contributed by atoms with Gasteiger partial charge in [-0.25, -0.2) is 0 Å². The van der Waals surface area contributed by atoms with E-state index < -0.39 is 108 Å². The number of benzene rings is 3. The van der Waals surface area contributed by atoms with Gasteiger partial charge in [0, 0.05) is 54.7 Å². The second kappa shape index (κ2) is 21.0. The summed E-state index contributed by atoms with van der Waals surface area (Å²) in [5.74, 6) is 0.884. The van der Waals surface area contributed by atoms with Crippen molar-refractivity contribution in [2.75, 3.05) is 39.4 Å². The highest BCUT2D eigenvalue weighted by atomic mass is 32.1.